The normalized spacial score (nSPS) is 9.92. The second kappa shape index (κ2) is 3.10. The number of carboxylic acids is 1. The molecule has 0 aliphatic rings. The maximum absolute atomic E-state index is 10.7. The molecule has 12 heavy (non-hydrogen) atoms. The van der Waals surface area contributed by atoms with Crippen molar-refractivity contribution < 1.29 is 9.90 Å². The standard InChI is InChI=1S/C7H10N2O2S/c1-4-8-6(9(2)3)5(12-4)7(10)11/h1-3H3,(H,10,11). The van der Waals surface area contributed by atoms with Crippen LogP contribution < -0.4 is 4.90 Å². The Labute approximate surface area is 74.5 Å². The average molecular weight is 186 g/mol. The molecule has 1 rings (SSSR count). The first kappa shape index (κ1) is 8.99. The molecule has 5 heteroatoms. The van der Waals surface area contributed by atoms with Crippen molar-refractivity contribution in [2.24, 2.45) is 0 Å². The number of hydrogen-bond acceptors (Lipinski definition) is 4. The number of anilines is 1. The molecular formula is C7H10N2O2S. The van der Waals surface area contributed by atoms with Gasteiger partial charge in [0.1, 0.15) is 0 Å². The van der Waals surface area contributed by atoms with E-state index in [0.717, 1.165) is 5.01 Å². The van der Waals surface area contributed by atoms with Gasteiger partial charge >= 0.3 is 5.97 Å². The number of carboxylic acid groups (broad SMARTS) is 1. The van der Waals surface area contributed by atoms with Gasteiger partial charge in [0.2, 0.25) is 0 Å². The fourth-order valence-corrected chi connectivity index (χ4v) is 1.69. The largest absolute Gasteiger partial charge is 0.477 e. The van der Waals surface area contributed by atoms with Gasteiger partial charge in [0.15, 0.2) is 10.7 Å². The van der Waals surface area contributed by atoms with Gasteiger partial charge in [0, 0.05) is 14.1 Å². The van der Waals surface area contributed by atoms with E-state index in [4.69, 9.17) is 5.11 Å². The molecule has 66 valence electrons. The Bertz CT molecular complexity index is 306. The number of hydrogen-bond donors (Lipinski definition) is 1. The van der Waals surface area contributed by atoms with Crippen LogP contribution in [0.25, 0.3) is 0 Å². The predicted octanol–water partition coefficient (Wildman–Crippen LogP) is 1.22. The highest BCUT2D eigenvalue weighted by atomic mass is 32.1. The minimum atomic E-state index is -0.913. The van der Waals surface area contributed by atoms with Gasteiger partial charge in [-0.05, 0) is 6.92 Å². The van der Waals surface area contributed by atoms with Crippen molar-refractivity contribution in [3.63, 3.8) is 0 Å². The van der Waals surface area contributed by atoms with Gasteiger partial charge in [-0.25, -0.2) is 9.78 Å². The van der Waals surface area contributed by atoms with Crippen LogP contribution in [0.3, 0.4) is 0 Å². The lowest BCUT2D eigenvalue weighted by atomic mass is 10.5. The van der Waals surface area contributed by atoms with E-state index in [1.807, 2.05) is 0 Å². The number of aromatic carboxylic acids is 1. The van der Waals surface area contributed by atoms with Crippen molar-refractivity contribution in [1.29, 1.82) is 0 Å². The molecule has 0 fully saturated rings. The van der Waals surface area contributed by atoms with Gasteiger partial charge < -0.3 is 10.0 Å². The second-order valence-corrected chi connectivity index (χ2v) is 3.79. The zero-order valence-electron chi connectivity index (χ0n) is 7.16. The molecule has 0 atom stereocenters. The summed E-state index contributed by atoms with van der Waals surface area (Å²) in [6.45, 7) is 1.80. The van der Waals surface area contributed by atoms with Crippen molar-refractivity contribution in [1.82, 2.24) is 4.98 Å². The first-order valence-corrected chi connectivity index (χ1v) is 4.22. The third kappa shape index (κ3) is 1.55. The van der Waals surface area contributed by atoms with Crippen LogP contribution in [0.4, 0.5) is 5.82 Å². The van der Waals surface area contributed by atoms with Crippen molar-refractivity contribution >= 4 is 23.1 Å². The quantitative estimate of drug-likeness (QED) is 0.754. The number of carbonyl (C=O) groups is 1. The van der Waals surface area contributed by atoms with E-state index in [0.29, 0.717) is 10.7 Å². The molecule has 0 aliphatic heterocycles. The van der Waals surface area contributed by atoms with E-state index in [1.165, 1.54) is 11.3 Å². The number of nitrogens with zero attached hydrogens (tertiary/aromatic N) is 2. The van der Waals surface area contributed by atoms with Crippen LogP contribution in [0.2, 0.25) is 0 Å². The van der Waals surface area contributed by atoms with Crippen LogP contribution >= 0.6 is 11.3 Å². The first-order chi connectivity index (χ1) is 5.52. The van der Waals surface area contributed by atoms with Crippen molar-refractivity contribution in [3.8, 4) is 0 Å². The van der Waals surface area contributed by atoms with E-state index in [1.54, 1.807) is 25.9 Å². The molecule has 4 nitrogen and oxygen atoms in total. The smallest absolute Gasteiger partial charge is 0.349 e. The Morgan fingerprint density at radius 2 is 2.17 bits per heavy atom. The number of rotatable bonds is 2. The maximum Gasteiger partial charge on any atom is 0.349 e. The summed E-state index contributed by atoms with van der Waals surface area (Å²) in [7, 11) is 3.56. The second-order valence-electron chi connectivity index (χ2n) is 2.59. The van der Waals surface area contributed by atoms with Gasteiger partial charge in [-0.1, -0.05) is 0 Å². The molecule has 0 saturated heterocycles. The SMILES string of the molecule is Cc1nc(N(C)C)c(C(=O)O)s1. The van der Waals surface area contributed by atoms with Crippen molar-refractivity contribution in [3.05, 3.63) is 9.88 Å². The molecule has 0 amide bonds. The van der Waals surface area contributed by atoms with Crippen LogP contribution in [0.15, 0.2) is 0 Å². The highest BCUT2D eigenvalue weighted by Crippen LogP contribution is 2.24. The predicted molar refractivity (Wildman–Crippen MR) is 48.1 cm³/mol. The Morgan fingerprint density at radius 3 is 2.50 bits per heavy atom. The monoisotopic (exact) mass is 186 g/mol. The number of aromatic nitrogens is 1. The lowest BCUT2D eigenvalue weighted by Crippen LogP contribution is -2.12. The minimum Gasteiger partial charge on any atom is -0.477 e. The van der Waals surface area contributed by atoms with Crippen LogP contribution in [-0.2, 0) is 0 Å². The van der Waals surface area contributed by atoms with E-state index in [9.17, 15) is 4.79 Å². The third-order valence-corrected chi connectivity index (χ3v) is 2.28. The summed E-state index contributed by atoms with van der Waals surface area (Å²) in [4.78, 5) is 16.8. The molecule has 0 spiro atoms. The van der Waals surface area contributed by atoms with E-state index >= 15 is 0 Å². The fourth-order valence-electron chi connectivity index (χ4n) is 0.858. The summed E-state index contributed by atoms with van der Waals surface area (Å²) in [6.07, 6.45) is 0. The van der Waals surface area contributed by atoms with Crippen molar-refractivity contribution in [2.45, 2.75) is 6.92 Å². The number of thiazole rings is 1. The van der Waals surface area contributed by atoms with Gasteiger partial charge in [0.25, 0.3) is 0 Å². The summed E-state index contributed by atoms with van der Waals surface area (Å²) in [5, 5.41) is 9.55. The van der Waals surface area contributed by atoms with Gasteiger partial charge in [-0.3, -0.25) is 0 Å². The maximum atomic E-state index is 10.7. The first-order valence-electron chi connectivity index (χ1n) is 3.40. The molecular weight excluding hydrogens is 176 g/mol. The summed E-state index contributed by atoms with van der Waals surface area (Å²) in [6, 6.07) is 0. The molecule has 0 unspecified atom stereocenters. The highest BCUT2D eigenvalue weighted by molar-refractivity contribution is 7.14. The van der Waals surface area contributed by atoms with E-state index < -0.39 is 5.97 Å². The molecule has 0 radical (unpaired) electrons. The lowest BCUT2D eigenvalue weighted by Gasteiger charge is -2.08. The zero-order chi connectivity index (χ0) is 9.30. The Kier molecular flexibility index (Phi) is 2.32. The summed E-state index contributed by atoms with van der Waals surface area (Å²) in [5.41, 5.74) is 0. The van der Waals surface area contributed by atoms with Gasteiger partial charge in [0.05, 0.1) is 5.01 Å². The van der Waals surface area contributed by atoms with Gasteiger partial charge in [-0.15, -0.1) is 11.3 Å². The average Bonchev–Trinajstić information content (AvgIpc) is 2.31. The van der Waals surface area contributed by atoms with Crippen LogP contribution in [0.1, 0.15) is 14.7 Å². The Hall–Kier alpha value is -1.10. The molecule has 1 heterocycles. The molecule has 0 saturated carbocycles. The molecule has 0 bridgehead atoms. The van der Waals surface area contributed by atoms with E-state index in [-0.39, 0.29) is 0 Å². The van der Waals surface area contributed by atoms with Crippen LogP contribution in [-0.4, -0.2) is 30.2 Å². The summed E-state index contributed by atoms with van der Waals surface area (Å²) >= 11 is 1.20. The van der Waals surface area contributed by atoms with Crippen molar-refractivity contribution in [2.75, 3.05) is 19.0 Å². The van der Waals surface area contributed by atoms with Crippen LogP contribution in [0, 0.1) is 6.92 Å². The molecule has 1 N–H and O–H groups in total. The fraction of sp³-hybridized carbons (Fsp3) is 0.429. The minimum absolute atomic E-state index is 0.303. The molecule has 1 aromatic heterocycles. The number of aryl methyl sites for hydroxylation is 1. The lowest BCUT2D eigenvalue weighted by molar-refractivity contribution is 0.0702. The summed E-state index contributed by atoms with van der Waals surface area (Å²) < 4.78 is 0. The Morgan fingerprint density at radius 1 is 1.58 bits per heavy atom. The topological polar surface area (TPSA) is 53.4 Å². The van der Waals surface area contributed by atoms with Gasteiger partial charge in [-0.2, -0.15) is 0 Å². The third-order valence-electron chi connectivity index (χ3n) is 1.33. The highest BCUT2D eigenvalue weighted by Gasteiger charge is 2.16. The molecule has 0 aromatic carbocycles. The zero-order valence-corrected chi connectivity index (χ0v) is 7.97. The van der Waals surface area contributed by atoms with Crippen LogP contribution in [0.5, 0.6) is 0 Å². The van der Waals surface area contributed by atoms with E-state index in [2.05, 4.69) is 4.98 Å². The molecule has 1 aromatic rings. The molecule has 0 aliphatic carbocycles. The Balaban J connectivity index is 3.17. The summed E-state index contributed by atoms with van der Waals surface area (Å²) in [5.74, 6) is -0.380.